The van der Waals surface area contributed by atoms with Crippen LogP contribution in [0.5, 0.6) is 0 Å². The fraction of sp³-hybridized carbons (Fsp3) is 0.917. The van der Waals surface area contributed by atoms with E-state index in [-0.39, 0.29) is 12.7 Å². The Bertz CT molecular complexity index is 251. The number of nitrogens with zero attached hydrogens (tertiary/aromatic N) is 1. The zero-order valence-corrected chi connectivity index (χ0v) is 11.0. The topological polar surface area (TPSA) is 61.8 Å². The van der Waals surface area contributed by atoms with E-state index in [1.165, 1.54) is 0 Å². The smallest absolute Gasteiger partial charge is 0.407 e. The molecule has 0 saturated carbocycles. The minimum atomic E-state index is -0.442. The Kier molecular flexibility index (Phi) is 5.21. The summed E-state index contributed by atoms with van der Waals surface area (Å²) in [5, 5.41) is 11.6. The predicted octanol–water partition coefficient (Wildman–Crippen LogP) is 0.825. The molecule has 5 heteroatoms. The van der Waals surface area contributed by atoms with Crippen molar-refractivity contribution in [3.8, 4) is 0 Å². The first kappa shape index (κ1) is 14.3. The lowest BCUT2D eigenvalue weighted by molar-refractivity contribution is 0.0519. The number of aliphatic hydroxyl groups excluding tert-OH is 1. The normalized spacial score (nSPS) is 21.5. The van der Waals surface area contributed by atoms with Gasteiger partial charge in [-0.1, -0.05) is 0 Å². The number of amides is 1. The molecule has 0 aromatic rings. The van der Waals surface area contributed by atoms with Crippen LogP contribution in [0.25, 0.3) is 0 Å². The van der Waals surface area contributed by atoms with Gasteiger partial charge in [0.1, 0.15) is 5.60 Å². The Morgan fingerprint density at radius 2 is 2.24 bits per heavy atom. The third kappa shape index (κ3) is 5.89. The van der Waals surface area contributed by atoms with Crippen molar-refractivity contribution in [3.05, 3.63) is 0 Å². The number of carbonyl (C=O) groups excluding carboxylic acids is 1. The van der Waals surface area contributed by atoms with Crippen molar-refractivity contribution in [1.82, 2.24) is 10.2 Å². The Balaban J connectivity index is 2.17. The molecule has 0 aromatic carbocycles. The predicted molar refractivity (Wildman–Crippen MR) is 65.9 cm³/mol. The highest BCUT2D eigenvalue weighted by molar-refractivity contribution is 5.67. The van der Waals surface area contributed by atoms with Crippen molar-refractivity contribution in [2.24, 2.45) is 5.92 Å². The van der Waals surface area contributed by atoms with Crippen molar-refractivity contribution in [3.63, 3.8) is 0 Å². The maximum atomic E-state index is 11.4. The minimum absolute atomic E-state index is 0.201. The van der Waals surface area contributed by atoms with Crippen LogP contribution in [-0.2, 0) is 4.74 Å². The molecule has 1 atom stereocenters. The van der Waals surface area contributed by atoms with Crippen molar-refractivity contribution in [2.45, 2.75) is 32.8 Å². The van der Waals surface area contributed by atoms with Crippen LogP contribution < -0.4 is 5.32 Å². The number of likely N-dealkylation sites (tertiary alicyclic amines) is 1. The number of nitrogens with one attached hydrogen (secondary N) is 1. The van der Waals surface area contributed by atoms with E-state index >= 15 is 0 Å². The largest absolute Gasteiger partial charge is 0.444 e. The van der Waals surface area contributed by atoms with Crippen LogP contribution in [0.4, 0.5) is 4.79 Å². The number of aliphatic hydroxyl groups is 1. The van der Waals surface area contributed by atoms with Gasteiger partial charge in [-0.25, -0.2) is 4.79 Å². The Hall–Kier alpha value is -0.810. The third-order valence-electron chi connectivity index (χ3n) is 2.72. The van der Waals surface area contributed by atoms with E-state index in [0.29, 0.717) is 12.5 Å². The van der Waals surface area contributed by atoms with Crippen LogP contribution in [0.15, 0.2) is 0 Å². The Morgan fingerprint density at radius 1 is 1.53 bits per heavy atom. The molecular formula is C12H24N2O3. The average molecular weight is 244 g/mol. The number of β-amino-alcohol motifs (C(OH)–C–C–N with tert-alkyl or cyclic N) is 1. The molecule has 1 aliphatic heterocycles. The molecular weight excluding hydrogens is 220 g/mol. The van der Waals surface area contributed by atoms with E-state index < -0.39 is 5.60 Å². The number of rotatable bonds is 4. The van der Waals surface area contributed by atoms with E-state index in [2.05, 4.69) is 10.2 Å². The summed E-state index contributed by atoms with van der Waals surface area (Å²) in [6.07, 6.45) is 0.716. The molecule has 1 fully saturated rings. The molecule has 0 aromatic heterocycles. The molecule has 17 heavy (non-hydrogen) atoms. The second-order valence-corrected chi connectivity index (χ2v) is 5.56. The highest BCUT2D eigenvalue weighted by Crippen LogP contribution is 2.15. The van der Waals surface area contributed by atoms with Gasteiger partial charge in [0.2, 0.25) is 0 Å². The van der Waals surface area contributed by atoms with Gasteiger partial charge >= 0.3 is 6.09 Å². The summed E-state index contributed by atoms with van der Waals surface area (Å²) in [7, 11) is 0. The molecule has 1 rings (SSSR count). The Morgan fingerprint density at radius 3 is 2.82 bits per heavy atom. The van der Waals surface area contributed by atoms with Gasteiger partial charge in [-0.05, 0) is 39.7 Å². The fourth-order valence-electron chi connectivity index (χ4n) is 1.97. The van der Waals surface area contributed by atoms with Crippen LogP contribution in [0.3, 0.4) is 0 Å². The van der Waals surface area contributed by atoms with Gasteiger partial charge in [0, 0.05) is 19.6 Å². The van der Waals surface area contributed by atoms with Crippen molar-refractivity contribution >= 4 is 6.09 Å². The number of alkyl carbamates (subject to hydrolysis) is 1. The zero-order valence-electron chi connectivity index (χ0n) is 11.0. The quantitative estimate of drug-likeness (QED) is 0.769. The van der Waals surface area contributed by atoms with Crippen molar-refractivity contribution in [2.75, 3.05) is 32.8 Å². The van der Waals surface area contributed by atoms with E-state index in [9.17, 15) is 4.79 Å². The molecule has 0 aliphatic carbocycles. The lowest BCUT2D eigenvalue weighted by Gasteiger charge is -2.20. The van der Waals surface area contributed by atoms with Gasteiger partial charge in [-0.3, -0.25) is 0 Å². The van der Waals surface area contributed by atoms with Gasteiger partial charge in [0.15, 0.2) is 0 Å². The van der Waals surface area contributed by atoms with E-state index in [1.807, 2.05) is 20.8 Å². The standard InChI is InChI=1S/C12H24N2O3/c1-12(2,3)17-11(16)13-8-10-4-5-14(9-10)6-7-15/h10,15H,4-9H2,1-3H3,(H,13,16). The zero-order chi connectivity index (χ0) is 12.9. The lowest BCUT2D eigenvalue weighted by Crippen LogP contribution is -2.36. The minimum Gasteiger partial charge on any atom is -0.444 e. The monoisotopic (exact) mass is 244 g/mol. The molecule has 0 spiro atoms. The van der Waals surface area contributed by atoms with Gasteiger partial charge < -0.3 is 20.1 Å². The van der Waals surface area contributed by atoms with E-state index in [4.69, 9.17) is 9.84 Å². The second kappa shape index (κ2) is 6.21. The summed E-state index contributed by atoms with van der Waals surface area (Å²) >= 11 is 0. The SMILES string of the molecule is CC(C)(C)OC(=O)NCC1CCN(CCO)C1. The molecule has 0 bridgehead atoms. The van der Waals surface area contributed by atoms with E-state index in [1.54, 1.807) is 0 Å². The van der Waals surface area contributed by atoms with Gasteiger partial charge in [0.25, 0.3) is 0 Å². The number of ether oxygens (including phenoxy) is 1. The molecule has 1 heterocycles. The summed E-state index contributed by atoms with van der Waals surface area (Å²) in [5.74, 6) is 0.467. The first-order chi connectivity index (χ1) is 7.90. The highest BCUT2D eigenvalue weighted by atomic mass is 16.6. The molecule has 100 valence electrons. The number of hydrogen-bond donors (Lipinski definition) is 2. The molecule has 1 saturated heterocycles. The summed E-state index contributed by atoms with van der Waals surface area (Å²) in [6.45, 7) is 9.07. The van der Waals surface area contributed by atoms with Gasteiger partial charge in [-0.15, -0.1) is 0 Å². The maximum Gasteiger partial charge on any atom is 0.407 e. The second-order valence-electron chi connectivity index (χ2n) is 5.56. The molecule has 5 nitrogen and oxygen atoms in total. The molecule has 0 radical (unpaired) electrons. The number of carbonyl (C=O) groups is 1. The fourth-order valence-corrected chi connectivity index (χ4v) is 1.97. The third-order valence-corrected chi connectivity index (χ3v) is 2.72. The summed E-state index contributed by atoms with van der Waals surface area (Å²) in [5.41, 5.74) is -0.442. The van der Waals surface area contributed by atoms with Crippen molar-refractivity contribution in [1.29, 1.82) is 0 Å². The summed E-state index contributed by atoms with van der Waals surface area (Å²) < 4.78 is 5.17. The van der Waals surface area contributed by atoms with Crippen LogP contribution in [0, 0.1) is 5.92 Å². The number of hydrogen-bond acceptors (Lipinski definition) is 4. The van der Waals surface area contributed by atoms with Crippen LogP contribution in [0.2, 0.25) is 0 Å². The molecule has 2 N–H and O–H groups in total. The molecule has 1 aliphatic rings. The first-order valence-electron chi connectivity index (χ1n) is 6.21. The maximum absolute atomic E-state index is 11.4. The molecule has 1 amide bonds. The van der Waals surface area contributed by atoms with Gasteiger partial charge in [0.05, 0.1) is 6.61 Å². The van der Waals surface area contributed by atoms with E-state index in [0.717, 1.165) is 26.1 Å². The summed E-state index contributed by atoms with van der Waals surface area (Å²) in [6, 6.07) is 0. The van der Waals surface area contributed by atoms with Crippen LogP contribution in [-0.4, -0.2) is 54.5 Å². The van der Waals surface area contributed by atoms with Crippen molar-refractivity contribution < 1.29 is 14.6 Å². The average Bonchev–Trinajstić information content (AvgIpc) is 2.61. The summed E-state index contributed by atoms with van der Waals surface area (Å²) in [4.78, 5) is 13.6. The lowest BCUT2D eigenvalue weighted by atomic mass is 10.1. The molecule has 1 unspecified atom stereocenters. The van der Waals surface area contributed by atoms with Crippen LogP contribution >= 0.6 is 0 Å². The first-order valence-corrected chi connectivity index (χ1v) is 6.21. The highest BCUT2D eigenvalue weighted by Gasteiger charge is 2.23. The van der Waals surface area contributed by atoms with Gasteiger partial charge in [-0.2, -0.15) is 0 Å². The van der Waals surface area contributed by atoms with Crippen LogP contribution in [0.1, 0.15) is 27.2 Å². The Labute approximate surface area is 103 Å².